The molecule has 3 rings (SSSR count). The lowest BCUT2D eigenvalue weighted by atomic mass is 10.0. The Morgan fingerprint density at radius 3 is 2.59 bits per heavy atom. The number of carbonyl (C=O) groups excluding carboxylic acids is 1. The molecule has 0 aliphatic carbocycles. The number of benzene rings is 2. The van der Waals surface area contributed by atoms with E-state index in [0.29, 0.717) is 11.1 Å². The predicted octanol–water partition coefficient (Wildman–Crippen LogP) is 3.15. The number of H-pyrrole nitrogens is 1. The number of hydrogen-bond acceptors (Lipinski definition) is 3. The van der Waals surface area contributed by atoms with E-state index in [2.05, 4.69) is 58.8 Å². The number of aromatic amines is 1. The maximum atomic E-state index is 12.5. The van der Waals surface area contributed by atoms with Gasteiger partial charge in [0.25, 0.3) is 5.91 Å². The zero-order valence-electron chi connectivity index (χ0n) is 12.6. The highest BCUT2D eigenvalue weighted by atomic mass is 16.1. The van der Waals surface area contributed by atoms with E-state index in [0.717, 1.165) is 17.5 Å². The third-order valence-corrected chi connectivity index (χ3v) is 3.77. The summed E-state index contributed by atoms with van der Waals surface area (Å²) in [5.41, 5.74) is 4.36. The van der Waals surface area contributed by atoms with Gasteiger partial charge in [-0.1, -0.05) is 36.8 Å². The smallest absolute Gasteiger partial charge is 0.251 e. The Balaban J connectivity index is 1.80. The standard InChI is InChI=1S/C17H18N4O/c1-3-14(12-6-4-11(2)5-7-12)18-17(22)13-8-9-15-16(10-13)20-21-19-15/h4-10,14H,3H2,1-2H3,(H,18,22)(H,19,20,21)/t14-/m0/s1. The highest BCUT2D eigenvalue weighted by Crippen LogP contribution is 2.18. The van der Waals surface area contributed by atoms with Crippen molar-refractivity contribution in [2.24, 2.45) is 0 Å². The van der Waals surface area contributed by atoms with Crippen LogP contribution in [0.15, 0.2) is 42.5 Å². The minimum atomic E-state index is -0.0997. The van der Waals surface area contributed by atoms with E-state index in [4.69, 9.17) is 0 Å². The van der Waals surface area contributed by atoms with Gasteiger partial charge >= 0.3 is 0 Å². The maximum Gasteiger partial charge on any atom is 0.251 e. The van der Waals surface area contributed by atoms with E-state index < -0.39 is 0 Å². The van der Waals surface area contributed by atoms with Crippen molar-refractivity contribution in [2.75, 3.05) is 0 Å². The molecule has 1 aromatic heterocycles. The van der Waals surface area contributed by atoms with Crippen LogP contribution in [0.1, 0.15) is 40.9 Å². The molecule has 0 spiro atoms. The van der Waals surface area contributed by atoms with Gasteiger partial charge in [0.05, 0.1) is 6.04 Å². The molecule has 112 valence electrons. The van der Waals surface area contributed by atoms with E-state index in [1.807, 2.05) is 0 Å². The quantitative estimate of drug-likeness (QED) is 0.776. The van der Waals surface area contributed by atoms with Crippen molar-refractivity contribution in [3.63, 3.8) is 0 Å². The topological polar surface area (TPSA) is 70.7 Å². The summed E-state index contributed by atoms with van der Waals surface area (Å²) in [6.45, 7) is 4.11. The molecular formula is C17H18N4O. The lowest BCUT2D eigenvalue weighted by molar-refractivity contribution is 0.0935. The summed E-state index contributed by atoms with van der Waals surface area (Å²) in [6, 6.07) is 13.5. The first-order valence-electron chi connectivity index (χ1n) is 7.35. The first kappa shape index (κ1) is 14.3. The summed E-state index contributed by atoms with van der Waals surface area (Å²) in [6.07, 6.45) is 0.834. The fourth-order valence-electron chi connectivity index (χ4n) is 2.44. The van der Waals surface area contributed by atoms with Crippen molar-refractivity contribution in [1.82, 2.24) is 20.7 Å². The van der Waals surface area contributed by atoms with Crippen LogP contribution in [0, 0.1) is 6.92 Å². The van der Waals surface area contributed by atoms with Gasteiger partial charge < -0.3 is 5.32 Å². The van der Waals surface area contributed by atoms with Crippen molar-refractivity contribution in [3.8, 4) is 0 Å². The van der Waals surface area contributed by atoms with E-state index in [1.54, 1.807) is 18.2 Å². The molecule has 1 atom stereocenters. The van der Waals surface area contributed by atoms with Gasteiger partial charge in [0, 0.05) is 5.56 Å². The second-order valence-corrected chi connectivity index (χ2v) is 5.37. The molecule has 0 fully saturated rings. The Morgan fingerprint density at radius 2 is 1.86 bits per heavy atom. The van der Waals surface area contributed by atoms with Gasteiger partial charge in [-0.15, -0.1) is 0 Å². The average molecular weight is 294 g/mol. The van der Waals surface area contributed by atoms with Crippen LogP contribution in [0.3, 0.4) is 0 Å². The molecule has 22 heavy (non-hydrogen) atoms. The number of aromatic nitrogens is 3. The Bertz CT molecular complexity index is 792. The number of nitrogens with one attached hydrogen (secondary N) is 2. The Hall–Kier alpha value is -2.69. The van der Waals surface area contributed by atoms with Crippen LogP contribution >= 0.6 is 0 Å². The zero-order valence-corrected chi connectivity index (χ0v) is 12.6. The van der Waals surface area contributed by atoms with E-state index in [1.165, 1.54) is 5.56 Å². The van der Waals surface area contributed by atoms with Gasteiger partial charge in [-0.05, 0) is 37.1 Å². The zero-order chi connectivity index (χ0) is 15.5. The molecule has 0 aliphatic rings. The number of carbonyl (C=O) groups is 1. The number of fused-ring (bicyclic) bond motifs is 1. The summed E-state index contributed by atoms with van der Waals surface area (Å²) in [5, 5.41) is 13.6. The molecular weight excluding hydrogens is 276 g/mol. The van der Waals surface area contributed by atoms with Gasteiger partial charge in [0.2, 0.25) is 0 Å². The number of aryl methyl sites for hydroxylation is 1. The molecule has 2 N–H and O–H groups in total. The summed E-state index contributed by atoms with van der Waals surface area (Å²) in [5.74, 6) is -0.0997. The molecule has 0 saturated carbocycles. The molecule has 0 radical (unpaired) electrons. The number of nitrogens with zero attached hydrogens (tertiary/aromatic N) is 2. The SMILES string of the molecule is CC[C@H](NC(=O)c1ccc2n[nH]nc2c1)c1ccc(C)cc1. The largest absolute Gasteiger partial charge is 0.345 e. The average Bonchev–Trinajstić information content (AvgIpc) is 3.01. The van der Waals surface area contributed by atoms with Crippen molar-refractivity contribution in [1.29, 1.82) is 0 Å². The van der Waals surface area contributed by atoms with Crippen LogP contribution < -0.4 is 5.32 Å². The van der Waals surface area contributed by atoms with Gasteiger partial charge in [0.1, 0.15) is 11.0 Å². The van der Waals surface area contributed by atoms with Crippen LogP contribution in [-0.4, -0.2) is 21.3 Å². The van der Waals surface area contributed by atoms with Gasteiger partial charge in [-0.25, -0.2) is 0 Å². The molecule has 3 aromatic rings. The van der Waals surface area contributed by atoms with Crippen molar-refractivity contribution < 1.29 is 4.79 Å². The third-order valence-electron chi connectivity index (χ3n) is 3.77. The summed E-state index contributed by atoms with van der Waals surface area (Å²) < 4.78 is 0. The van der Waals surface area contributed by atoms with Crippen LogP contribution in [0.5, 0.6) is 0 Å². The first-order valence-corrected chi connectivity index (χ1v) is 7.35. The monoisotopic (exact) mass is 294 g/mol. The normalized spacial score (nSPS) is 12.3. The lowest BCUT2D eigenvalue weighted by Gasteiger charge is -2.17. The Labute approximate surface area is 128 Å². The summed E-state index contributed by atoms with van der Waals surface area (Å²) >= 11 is 0. The molecule has 1 amide bonds. The van der Waals surface area contributed by atoms with Gasteiger partial charge in [-0.2, -0.15) is 15.4 Å². The van der Waals surface area contributed by atoms with Crippen LogP contribution in [0.4, 0.5) is 0 Å². The number of amides is 1. The van der Waals surface area contributed by atoms with Crippen LogP contribution in [0.2, 0.25) is 0 Å². The van der Waals surface area contributed by atoms with E-state index in [9.17, 15) is 4.79 Å². The highest BCUT2D eigenvalue weighted by Gasteiger charge is 2.14. The third kappa shape index (κ3) is 2.83. The van der Waals surface area contributed by atoms with Crippen LogP contribution in [-0.2, 0) is 0 Å². The molecule has 0 unspecified atom stereocenters. The van der Waals surface area contributed by atoms with Crippen molar-refractivity contribution in [2.45, 2.75) is 26.3 Å². The molecule has 0 bridgehead atoms. The number of rotatable bonds is 4. The highest BCUT2D eigenvalue weighted by molar-refractivity contribution is 5.97. The van der Waals surface area contributed by atoms with Crippen molar-refractivity contribution in [3.05, 3.63) is 59.2 Å². The molecule has 5 heteroatoms. The number of hydrogen-bond donors (Lipinski definition) is 2. The Morgan fingerprint density at radius 1 is 1.14 bits per heavy atom. The predicted molar refractivity (Wildman–Crippen MR) is 85.6 cm³/mol. The fourth-order valence-corrected chi connectivity index (χ4v) is 2.44. The second kappa shape index (κ2) is 5.97. The van der Waals surface area contributed by atoms with E-state index >= 15 is 0 Å². The maximum absolute atomic E-state index is 12.5. The van der Waals surface area contributed by atoms with Crippen LogP contribution in [0.25, 0.3) is 11.0 Å². The fraction of sp³-hybridized carbons (Fsp3) is 0.235. The molecule has 0 aliphatic heterocycles. The minimum Gasteiger partial charge on any atom is -0.345 e. The summed E-state index contributed by atoms with van der Waals surface area (Å²) in [4.78, 5) is 12.5. The van der Waals surface area contributed by atoms with Crippen molar-refractivity contribution >= 4 is 16.9 Å². The van der Waals surface area contributed by atoms with E-state index in [-0.39, 0.29) is 11.9 Å². The molecule has 0 saturated heterocycles. The lowest BCUT2D eigenvalue weighted by Crippen LogP contribution is -2.28. The molecule has 1 heterocycles. The van der Waals surface area contributed by atoms with Gasteiger partial charge in [0.15, 0.2) is 0 Å². The second-order valence-electron chi connectivity index (χ2n) is 5.37. The van der Waals surface area contributed by atoms with Gasteiger partial charge in [-0.3, -0.25) is 4.79 Å². The molecule has 2 aromatic carbocycles. The minimum absolute atomic E-state index is 0.00102. The Kier molecular flexibility index (Phi) is 3.87. The summed E-state index contributed by atoms with van der Waals surface area (Å²) in [7, 11) is 0. The first-order chi connectivity index (χ1) is 10.7. The molecule has 5 nitrogen and oxygen atoms in total.